The van der Waals surface area contributed by atoms with Crippen LogP contribution in [0.3, 0.4) is 0 Å². The number of rotatable bonds is 2. The molecular weight excluding hydrogens is 508 g/mol. The van der Waals surface area contributed by atoms with Crippen LogP contribution in [-0.2, 0) is 17.1 Å². The fourth-order valence-electron chi connectivity index (χ4n) is 3.88. The van der Waals surface area contributed by atoms with Crippen molar-refractivity contribution in [2.45, 2.75) is 7.43 Å². The fourth-order valence-corrected chi connectivity index (χ4v) is 3.88. The Morgan fingerprint density at radius 1 is 0.528 bits per heavy atom. The van der Waals surface area contributed by atoms with Gasteiger partial charge in [-0.2, -0.15) is 0 Å². The largest absolute Gasteiger partial charge is 0.478 e. The molecule has 0 saturated heterocycles. The van der Waals surface area contributed by atoms with E-state index in [0.29, 0.717) is 21.8 Å². The van der Waals surface area contributed by atoms with Gasteiger partial charge in [-0.3, -0.25) is 19.9 Å². The van der Waals surface area contributed by atoms with E-state index in [2.05, 4.69) is 44.2 Å². The third-order valence-corrected chi connectivity index (χ3v) is 5.43. The number of fused-ring (bicyclic) bond motifs is 6. The van der Waals surface area contributed by atoms with Crippen LogP contribution in [0.4, 0.5) is 0 Å². The zero-order valence-electron chi connectivity index (χ0n) is 17.9. The molecule has 0 saturated carbocycles. The third kappa shape index (κ3) is 4.70. The van der Waals surface area contributed by atoms with Gasteiger partial charge in [-0.1, -0.05) is 43.8 Å². The molecule has 8 nitrogen and oxygen atoms in total. The van der Waals surface area contributed by atoms with Gasteiger partial charge in [0.2, 0.25) is 0 Å². The second-order valence-corrected chi connectivity index (χ2v) is 7.40. The number of nitrogens with zero attached hydrogens (tertiary/aromatic N) is 4. The molecule has 0 unspecified atom stereocenters. The van der Waals surface area contributed by atoms with Crippen molar-refractivity contribution in [1.29, 1.82) is 0 Å². The van der Waals surface area contributed by atoms with Crippen LogP contribution in [0.25, 0.3) is 43.6 Å². The van der Waals surface area contributed by atoms with Gasteiger partial charge in [-0.25, -0.2) is 9.59 Å². The number of hydrogen-bond acceptors (Lipinski definition) is 6. The van der Waals surface area contributed by atoms with Crippen molar-refractivity contribution in [3.8, 4) is 0 Å². The van der Waals surface area contributed by atoms with Crippen LogP contribution in [0, 0.1) is 0 Å². The van der Waals surface area contributed by atoms with Gasteiger partial charge in [0, 0.05) is 63.4 Å². The van der Waals surface area contributed by atoms with Crippen LogP contribution in [-0.4, -0.2) is 42.1 Å². The van der Waals surface area contributed by atoms with Crippen molar-refractivity contribution < 1.29 is 36.9 Å². The summed E-state index contributed by atoms with van der Waals surface area (Å²) in [7, 11) is 0. The Kier molecular flexibility index (Phi) is 7.89. The first-order valence-corrected chi connectivity index (χ1v) is 10.3. The molecule has 0 aliphatic rings. The predicted octanol–water partition coefficient (Wildman–Crippen LogP) is 5.60. The quantitative estimate of drug-likeness (QED) is 0.220. The summed E-state index contributed by atoms with van der Waals surface area (Å²) in [5, 5.41) is 21.5. The Hall–Kier alpha value is -4.46. The molecule has 183 valence electrons. The minimum atomic E-state index is -1.06. The Morgan fingerprint density at radius 2 is 0.917 bits per heavy atom. The second kappa shape index (κ2) is 10.9. The summed E-state index contributed by atoms with van der Waals surface area (Å²) in [5.74, 6) is -2.13. The third-order valence-electron chi connectivity index (χ3n) is 5.43. The van der Waals surface area contributed by atoms with Crippen LogP contribution < -0.4 is 0 Å². The number of pyridine rings is 4. The molecule has 6 rings (SSSR count). The van der Waals surface area contributed by atoms with Gasteiger partial charge >= 0.3 is 11.9 Å². The van der Waals surface area contributed by atoms with E-state index in [1.807, 2.05) is 12.1 Å². The summed E-state index contributed by atoms with van der Waals surface area (Å²) in [4.78, 5) is 39.3. The molecule has 6 aromatic rings. The van der Waals surface area contributed by atoms with E-state index in [9.17, 15) is 9.59 Å². The number of carbonyl (C=O) groups is 2. The molecule has 4 heterocycles. The van der Waals surface area contributed by atoms with Crippen LogP contribution in [0.15, 0.2) is 85.5 Å². The molecule has 0 spiro atoms. The van der Waals surface area contributed by atoms with Gasteiger partial charge in [0.05, 0.1) is 33.2 Å². The van der Waals surface area contributed by atoms with Gasteiger partial charge in [-0.05, 0) is 24.3 Å². The number of aromatic carboxylic acids is 2. The van der Waals surface area contributed by atoms with Gasteiger partial charge in [0.15, 0.2) is 0 Å². The van der Waals surface area contributed by atoms with E-state index in [0.717, 1.165) is 21.8 Å². The molecule has 0 bridgehead atoms. The monoisotopic (exact) mass is 527 g/mol. The molecule has 1 radical (unpaired) electrons. The number of aromatic nitrogens is 4. The molecule has 2 N–H and O–H groups in total. The number of carboxylic acids is 2. The normalized spacial score (nSPS) is 10.2. The minimum absolute atomic E-state index is 0. The molecule has 0 aliphatic heterocycles. The Morgan fingerprint density at radius 3 is 1.31 bits per heavy atom. The molecule has 9 heteroatoms. The average molecular weight is 528 g/mol. The van der Waals surface area contributed by atoms with Crippen molar-refractivity contribution >= 4 is 55.6 Å². The summed E-state index contributed by atoms with van der Waals surface area (Å²) in [6.45, 7) is 0. The summed E-state index contributed by atoms with van der Waals surface area (Å²) >= 11 is 0. The smallest absolute Gasteiger partial charge is 0.336 e. The molecule has 0 amide bonds. The van der Waals surface area contributed by atoms with E-state index in [1.54, 1.807) is 24.5 Å². The summed E-state index contributed by atoms with van der Waals surface area (Å²) in [6, 6.07) is 18.1. The van der Waals surface area contributed by atoms with Crippen molar-refractivity contribution in [2.24, 2.45) is 0 Å². The molecule has 0 fully saturated rings. The standard InChI is InChI=1S/C14H8N2O4.C12H8N2.CH4.Cu/c17-13(18)9-3-5-15-11-7(9)1-2-8-10(14(19)20)4-6-16-12(8)11;1-3-9-5-6-10-4-2-8-14-12(10)11(9)13-7-1;;/h1-6H,(H,17,18)(H,19,20);1-8H;1H4;. The topological polar surface area (TPSA) is 126 Å². The zero-order chi connectivity index (χ0) is 23.7. The minimum Gasteiger partial charge on any atom is -0.478 e. The van der Waals surface area contributed by atoms with E-state index < -0.39 is 11.9 Å². The molecule has 4 aromatic heterocycles. The maximum Gasteiger partial charge on any atom is 0.336 e. The SMILES string of the molecule is C.O=C(O)c1ccnc2c1ccc1c(C(=O)O)ccnc12.[Cu].c1cnc2c(c1)ccc1cccnc12. The Balaban J connectivity index is 0.000000200. The summed E-state index contributed by atoms with van der Waals surface area (Å²) < 4.78 is 0. The summed E-state index contributed by atoms with van der Waals surface area (Å²) in [5.41, 5.74) is 2.94. The summed E-state index contributed by atoms with van der Waals surface area (Å²) in [6.07, 6.45) is 6.35. The number of hydrogen-bond donors (Lipinski definition) is 2. The first kappa shape index (κ1) is 26.1. The van der Waals surface area contributed by atoms with Crippen molar-refractivity contribution in [3.05, 3.63) is 96.6 Å². The first-order valence-electron chi connectivity index (χ1n) is 10.3. The maximum absolute atomic E-state index is 11.2. The van der Waals surface area contributed by atoms with Gasteiger partial charge in [0.25, 0.3) is 0 Å². The van der Waals surface area contributed by atoms with Gasteiger partial charge in [0.1, 0.15) is 0 Å². The molecular formula is C27H20CuN4O4. The van der Waals surface area contributed by atoms with Gasteiger partial charge < -0.3 is 10.2 Å². The van der Waals surface area contributed by atoms with E-state index in [1.165, 1.54) is 24.5 Å². The van der Waals surface area contributed by atoms with Crippen LogP contribution in [0.1, 0.15) is 28.1 Å². The number of benzene rings is 2. The van der Waals surface area contributed by atoms with Crippen LogP contribution in [0.5, 0.6) is 0 Å². The van der Waals surface area contributed by atoms with E-state index in [4.69, 9.17) is 10.2 Å². The zero-order valence-corrected chi connectivity index (χ0v) is 18.8. The maximum atomic E-state index is 11.2. The average Bonchev–Trinajstić information content (AvgIpc) is 2.88. The van der Waals surface area contributed by atoms with Crippen LogP contribution >= 0.6 is 0 Å². The van der Waals surface area contributed by atoms with Gasteiger partial charge in [-0.15, -0.1) is 0 Å². The Labute approximate surface area is 216 Å². The predicted molar refractivity (Wildman–Crippen MR) is 135 cm³/mol. The molecule has 0 aliphatic carbocycles. The molecule has 0 atom stereocenters. The van der Waals surface area contributed by atoms with Crippen LogP contribution in [0.2, 0.25) is 0 Å². The van der Waals surface area contributed by atoms with Crippen molar-refractivity contribution in [2.75, 3.05) is 0 Å². The number of carboxylic acid groups (broad SMARTS) is 2. The molecule has 2 aromatic carbocycles. The van der Waals surface area contributed by atoms with Crippen molar-refractivity contribution in [1.82, 2.24) is 19.9 Å². The van der Waals surface area contributed by atoms with E-state index in [-0.39, 0.29) is 35.6 Å². The first-order chi connectivity index (χ1) is 16.5. The van der Waals surface area contributed by atoms with Crippen molar-refractivity contribution in [3.63, 3.8) is 0 Å². The second-order valence-electron chi connectivity index (χ2n) is 7.40. The molecule has 36 heavy (non-hydrogen) atoms. The van der Waals surface area contributed by atoms with E-state index >= 15 is 0 Å². The fraction of sp³-hybridized carbons (Fsp3) is 0.0370. The Bertz CT molecular complexity index is 1610.